The molecule has 0 saturated carbocycles. The van der Waals surface area contributed by atoms with Crippen LogP contribution in [0, 0.1) is 0 Å². The van der Waals surface area contributed by atoms with Crippen LogP contribution in [0.3, 0.4) is 0 Å². The highest BCUT2D eigenvalue weighted by molar-refractivity contribution is 5.33. The summed E-state index contributed by atoms with van der Waals surface area (Å²) < 4.78 is 5.70. The van der Waals surface area contributed by atoms with Gasteiger partial charge in [0.1, 0.15) is 12.4 Å². The molecule has 0 spiro atoms. The molecule has 1 rings (SSSR count). The van der Waals surface area contributed by atoms with Crippen LogP contribution in [0.1, 0.15) is 12.5 Å². The van der Waals surface area contributed by atoms with Gasteiger partial charge in [-0.15, -0.1) is 0 Å². The largest absolute Gasteiger partial charge is 0.491 e. The topological polar surface area (TPSA) is 61.7 Å². The van der Waals surface area contributed by atoms with E-state index in [-0.39, 0.29) is 13.2 Å². The lowest BCUT2D eigenvalue weighted by atomic mass is 10.1. The highest BCUT2D eigenvalue weighted by atomic mass is 16.5. The Hall–Kier alpha value is -1.10. The second kappa shape index (κ2) is 6.59. The standard InChI is InChI=1S/C13H21NO3/c1-13(9-16,14-2)10-17-12-6-4-3-5-11(12)7-8-15/h3-6,14-16H,7-10H2,1-2H3. The molecule has 0 radical (unpaired) electrons. The summed E-state index contributed by atoms with van der Waals surface area (Å²) >= 11 is 0. The normalized spacial score (nSPS) is 14.4. The van der Waals surface area contributed by atoms with Gasteiger partial charge in [-0.2, -0.15) is 0 Å². The second-order valence-electron chi connectivity index (χ2n) is 4.34. The van der Waals surface area contributed by atoms with Crippen molar-refractivity contribution in [1.82, 2.24) is 5.32 Å². The maximum Gasteiger partial charge on any atom is 0.122 e. The van der Waals surface area contributed by atoms with Crippen LogP contribution >= 0.6 is 0 Å². The molecule has 0 amide bonds. The molecule has 1 aromatic rings. The predicted molar refractivity (Wildman–Crippen MR) is 67.3 cm³/mol. The molecule has 17 heavy (non-hydrogen) atoms. The zero-order valence-electron chi connectivity index (χ0n) is 10.4. The summed E-state index contributed by atoms with van der Waals surface area (Å²) in [6.45, 7) is 2.37. The molecule has 4 nitrogen and oxygen atoms in total. The van der Waals surface area contributed by atoms with E-state index < -0.39 is 5.54 Å². The first-order valence-electron chi connectivity index (χ1n) is 5.76. The first kappa shape index (κ1) is 14.0. The lowest BCUT2D eigenvalue weighted by Crippen LogP contribution is -2.48. The van der Waals surface area contributed by atoms with Crippen molar-refractivity contribution < 1.29 is 14.9 Å². The molecule has 1 unspecified atom stereocenters. The zero-order valence-corrected chi connectivity index (χ0v) is 10.4. The molecule has 96 valence electrons. The van der Waals surface area contributed by atoms with E-state index in [0.717, 1.165) is 11.3 Å². The van der Waals surface area contributed by atoms with Crippen molar-refractivity contribution in [3.05, 3.63) is 29.8 Å². The number of para-hydroxylation sites is 1. The summed E-state index contributed by atoms with van der Waals surface area (Å²) in [6, 6.07) is 7.62. The van der Waals surface area contributed by atoms with Gasteiger partial charge in [-0.1, -0.05) is 18.2 Å². The van der Waals surface area contributed by atoms with E-state index in [1.807, 2.05) is 31.2 Å². The Morgan fingerprint density at radius 2 is 2.00 bits per heavy atom. The summed E-state index contributed by atoms with van der Waals surface area (Å²) in [5.74, 6) is 0.761. The van der Waals surface area contributed by atoms with Crippen molar-refractivity contribution in [2.45, 2.75) is 18.9 Å². The molecule has 4 heteroatoms. The molecular weight excluding hydrogens is 218 g/mol. The van der Waals surface area contributed by atoms with Crippen molar-refractivity contribution in [2.75, 3.05) is 26.9 Å². The Kier molecular flexibility index (Phi) is 5.41. The first-order valence-corrected chi connectivity index (χ1v) is 5.76. The molecule has 0 aliphatic rings. The molecule has 0 fully saturated rings. The van der Waals surface area contributed by atoms with E-state index in [4.69, 9.17) is 9.84 Å². The Labute approximate surface area is 102 Å². The Morgan fingerprint density at radius 3 is 2.59 bits per heavy atom. The van der Waals surface area contributed by atoms with Gasteiger partial charge >= 0.3 is 0 Å². The average molecular weight is 239 g/mol. The zero-order chi connectivity index (χ0) is 12.7. The molecule has 0 aromatic heterocycles. The number of aliphatic hydroxyl groups excluding tert-OH is 2. The number of rotatable bonds is 7. The highest BCUT2D eigenvalue weighted by Crippen LogP contribution is 2.19. The third-order valence-corrected chi connectivity index (χ3v) is 2.85. The van der Waals surface area contributed by atoms with E-state index in [1.165, 1.54) is 0 Å². The fraction of sp³-hybridized carbons (Fsp3) is 0.538. The van der Waals surface area contributed by atoms with Gasteiger partial charge in [0.15, 0.2) is 0 Å². The first-order chi connectivity index (χ1) is 8.15. The Bertz CT molecular complexity index is 337. The van der Waals surface area contributed by atoms with Crippen molar-refractivity contribution in [3.63, 3.8) is 0 Å². The van der Waals surface area contributed by atoms with Gasteiger partial charge < -0.3 is 20.3 Å². The van der Waals surface area contributed by atoms with Crippen LogP contribution < -0.4 is 10.1 Å². The molecule has 3 N–H and O–H groups in total. The number of hydrogen-bond donors (Lipinski definition) is 3. The third kappa shape index (κ3) is 4.00. The van der Waals surface area contributed by atoms with Gasteiger partial charge in [-0.25, -0.2) is 0 Å². The maximum absolute atomic E-state index is 9.25. The van der Waals surface area contributed by atoms with Gasteiger partial charge in [-0.3, -0.25) is 0 Å². The van der Waals surface area contributed by atoms with Gasteiger partial charge in [0, 0.05) is 6.61 Å². The smallest absolute Gasteiger partial charge is 0.122 e. The van der Waals surface area contributed by atoms with E-state index in [9.17, 15) is 5.11 Å². The minimum atomic E-state index is -0.452. The van der Waals surface area contributed by atoms with Crippen LogP contribution in [0.5, 0.6) is 5.75 Å². The van der Waals surface area contributed by atoms with Crippen molar-refractivity contribution in [3.8, 4) is 5.75 Å². The van der Waals surface area contributed by atoms with Crippen LogP contribution in [-0.2, 0) is 6.42 Å². The van der Waals surface area contributed by atoms with Crippen molar-refractivity contribution >= 4 is 0 Å². The molecule has 0 saturated heterocycles. The van der Waals surface area contributed by atoms with E-state index >= 15 is 0 Å². The third-order valence-electron chi connectivity index (χ3n) is 2.85. The SMILES string of the molecule is CNC(C)(CO)COc1ccccc1CCO. The fourth-order valence-corrected chi connectivity index (χ4v) is 1.41. The minimum Gasteiger partial charge on any atom is -0.491 e. The average Bonchev–Trinajstić information content (AvgIpc) is 2.38. The van der Waals surface area contributed by atoms with Crippen molar-refractivity contribution in [1.29, 1.82) is 0 Å². The van der Waals surface area contributed by atoms with Crippen LogP contribution in [0.15, 0.2) is 24.3 Å². The quantitative estimate of drug-likeness (QED) is 0.651. The molecule has 0 heterocycles. The van der Waals surface area contributed by atoms with E-state index in [2.05, 4.69) is 5.32 Å². The minimum absolute atomic E-state index is 0.00562. The molecule has 0 aliphatic heterocycles. The van der Waals surface area contributed by atoms with Crippen LogP contribution in [-0.4, -0.2) is 42.6 Å². The van der Waals surface area contributed by atoms with Gasteiger partial charge in [-0.05, 0) is 32.0 Å². The molecule has 1 aromatic carbocycles. The summed E-state index contributed by atoms with van der Waals surface area (Å²) in [5.41, 5.74) is 0.526. The lowest BCUT2D eigenvalue weighted by Gasteiger charge is -2.27. The number of nitrogens with one attached hydrogen (secondary N) is 1. The van der Waals surface area contributed by atoms with Crippen molar-refractivity contribution in [2.24, 2.45) is 0 Å². The van der Waals surface area contributed by atoms with Crippen LogP contribution in [0.4, 0.5) is 0 Å². The summed E-state index contributed by atoms with van der Waals surface area (Å²) in [7, 11) is 1.79. The molecule has 0 bridgehead atoms. The van der Waals surface area contributed by atoms with Gasteiger partial charge in [0.25, 0.3) is 0 Å². The number of aliphatic hydroxyl groups is 2. The summed E-state index contributed by atoms with van der Waals surface area (Å²) in [6.07, 6.45) is 0.575. The summed E-state index contributed by atoms with van der Waals surface area (Å²) in [5, 5.41) is 21.2. The lowest BCUT2D eigenvalue weighted by molar-refractivity contribution is 0.121. The number of likely N-dealkylation sites (N-methyl/N-ethyl adjacent to an activating group) is 1. The van der Waals surface area contributed by atoms with Crippen LogP contribution in [0.2, 0.25) is 0 Å². The van der Waals surface area contributed by atoms with Gasteiger partial charge in [0.05, 0.1) is 12.1 Å². The maximum atomic E-state index is 9.25. The van der Waals surface area contributed by atoms with E-state index in [0.29, 0.717) is 13.0 Å². The Balaban J connectivity index is 2.68. The Morgan fingerprint density at radius 1 is 1.29 bits per heavy atom. The monoisotopic (exact) mass is 239 g/mol. The second-order valence-corrected chi connectivity index (χ2v) is 4.34. The summed E-state index contributed by atoms with van der Waals surface area (Å²) in [4.78, 5) is 0. The molecule has 1 atom stereocenters. The molecular formula is C13H21NO3. The van der Waals surface area contributed by atoms with Crippen LogP contribution in [0.25, 0.3) is 0 Å². The number of benzene rings is 1. The number of ether oxygens (including phenoxy) is 1. The predicted octanol–water partition coefficient (Wildman–Crippen LogP) is 0.571. The number of hydrogen-bond acceptors (Lipinski definition) is 4. The highest BCUT2D eigenvalue weighted by Gasteiger charge is 2.22. The van der Waals surface area contributed by atoms with Gasteiger partial charge in [0.2, 0.25) is 0 Å². The van der Waals surface area contributed by atoms with E-state index in [1.54, 1.807) is 7.05 Å². The molecule has 0 aliphatic carbocycles. The fourth-order valence-electron chi connectivity index (χ4n) is 1.41.